The molecule has 0 bridgehead atoms. The number of aliphatic imine (C=N–C) groups is 1. The minimum absolute atomic E-state index is 0.140. The number of thiophene rings is 1. The van der Waals surface area contributed by atoms with Crippen LogP contribution in [0.1, 0.15) is 17.4 Å². The van der Waals surface area contributed by atoms with Crippen LogP contribution in [0.4, 0.5) is 0 Å². The van der Waals surface area contributed by atoms with E-state index < -0.39 is 0 Å². The molecule has 2 aromatic rings. The van der Waals surface area contributed by atoms with Crippen LogP contribution >= 0.6 is 22.9 Å². The Labute approximate surface area is 134 Å². The van der Waals surface area contributed by atoms with Gasteiger partial charge in [-0.1, -0.05) is 11.6 Å². The third kappa shape index (κ3) is 4.09. The molecule has 114 valence electrons. The fraction of sp³-hybridized carbons (Fsp3) is 0.400. The molecule has 0 saturated heterocycles. The van der Waals surface area contributed by atoms with E-state index >= 15 is 0 Å². The molecule has 2 rings (SSSR count). The maximum Gasteiger partial charge on any atom is 0.189 e. The third-order valence-electron chi connectivity index (χ3n) is 3.20. The molecule has 4 nitrogen and oxygen atoms in total. The number of fused-ring (bicyclic) bond motifs is 1. The summed E-state index contributed by atoms with van der Waals surface area (Å²) in [5, 5.41) is 5.05. The fourth-order valence-electron chi connectivity index (χ4n) is 2.14. The van der Waals surface area contributed by atoms with E-state index in [1.807, 2.05) is 25.1 Å². The summed E-state index contributed by atoms with van der Waals surface area (Å²) in [6.45, 7) is 5.26. The molecule has 0 saturated carbocycles. The number of hydrogen-bond donors (Lipinski definition) is 2. The van der Waals surface area contributed by atoms with Crippen molar-refractivity contribution in [2.24, 2.45) is 10.7 Å². The van der Waals surface area contributed by atoms with E-state index in [4.69, 9.17) is 22.1 Å². The van der Waals surface area contributed by atoms with Crippen LogP contribution < -0.4 is 11.1 Å². The Balaban J connectivity index is 2.11. The van der Waals surface area contributed by atoms with Crippen LogP contribution in [0.3, 0.4) is 0 Å². The van der Waals surface area contributed by atoms with E-state index in [0.717, 1.165) is 5.02 Å². The Bertz CT molecular complexity index is 654. The molecule has 1 atom stereocenters. The Morgan fingerprint density at radius 3 is 3.00 bits per heavy atom. The first-order valence-corrected chi connectivity index (χ1v) is 7.93. The van der Waals surface area contributed by atoms with Crippen molar-refractivity contribution in [1.29, 1.82) is 0 Å². The van der Waals surface area contributed by atoms with Crippen molar-refractivity contribution in [3.63, 3.8) is 0 Å². The summed E-state index contributed by atoms with van der Waals surface area (Å²) in [5.74, 6) is 0.439. The van der Waals surface area contributed by atoms with E-state index in [2.05, 4.69) is 17.2 Å². The lowest BCUT2D eigenvalue weighted by Gasteiger charge is -2.12. The first kappa shape index (κ1) is 16.1. The van der Waals surface area contributed by atoms with Gasteiger partial charge >= 0.3 is 0 Å². The van der Waals surface area contributed by atoms with Gasteiger partial charge in [0.2, 0.25) is 0 Å². The molecule has 0 fully saturated rings. The lowest BCUT2D eigenvalue weighted by Crippen LogP contribution is -2.40. The Kier molecular flexibility index (Phi) is 5.45. The number of nitrogens with zero attached hydrogens (tertiary/aromatic N) is 1. The number of benzene rings is 1. The topological polar surface area (TPSA) is 59.6 Å². The van der Waals surface area contributed by atoms with Gasteiger partial charge in [-0.3, -0.25) is 0 Å². The standard InChI is InChI=1S/C15H20ClN3OS/c1-9(8-20-3)19-15(17)18-7-14-10(2)12-6-11(16)4-5-13(12)21-14/h4-6,9H,7-8H2,1-3H3,(H3,17,18,19). The third-order valence-corrected chi connectivity index (χ3v) is 4.69. The van der Waals surface area contributed by atoms with Gasteiger partial charge in [0.05, 0.1) is 13.2 Å². The van der Waals surface area contributed by atoms with Crippen molar-refractivity contribution in [1.82, 2.24) is 5.32 Å². The first-order chi connectivity index (χ1) is 10.0. The van der Waals surface area contributed by atoms with Crippen molar-refractivity contribution in [2.75, 3.05) is 13.7 Å². The van der Waals surface area contributed by atoms with Crippen molar-refractivity contribution >= 4 is 39.0 Å². The average molecular weight is 326 g/mol. The Morgan fingerprint density at radius 1 is 1.52 bits per heavy atom. The van der Waals surface area contributed by atoms with Crippen molar-refractivity contribution in [3.8, 4) is 0 Å². The number of hydrogen-bond acceptors (Lipinski definition) is 3. The van der Waals surface area contributed by atoms with Crippen LogP contribution in [0.2, 0.25) is 5.02 Å². The zero-order valence-corrected chi connectivity index (χ0v) is 14.0. The first-order valence-electron chi connectivity index (χ1n) is 6.74. The summed E-state index contributed by atoms with van der Waals surface area (Å²) >= 11 is 7.78. The molecule has 3 N–H and O–H groups in total. The summed E-state index contributed by atoms with van der Waals surface area (Å²) in [6, 6.07) is 6.10. The summed E-state index contributed by atoms with van der Waals surface area (Å²) in [4.78, 5) is 5.61. The molecular formula is C15H20ClN3OS. The minimum atomic E-state index is 0.140. The Morgan fingerprint density at radius 2 is 2.29 bits per heavy atom. The highest BCUT2D eigenvalue weighted by atomic mass is 35.5. The molecule has 21 heavy (non-hydrogen) atoms. The molecule has 1 aromatic carbocycles. The number of nitrogens with one attached hydrogen (secondary N) is 1. The molecule has 6 heteroatoms. The minimum Gasteiger partial charge on any atom is -0.383 e. The van der Waals surface area contributed by atoms with Crippen LogP contribution in [0.5, 0.6) is 0 Å². The lowest BCUT2D eigenvalue weighted by atomic mass is 10.1. The fourth-order valence-corrected chi connectivity index (χ4v) is 3.43. The van der Waals surface area contributed by atoms with Crippen molar-refractivity contribution in [3.05, 3.63) is 33.7 Å². The van der Waals surface area contributed by atoms with E-state index in [1.54, 1.807) is 18.4 Å². The number of rotatable bonds is 5. The van der Waals surface area contributed by atoms with Gasteiger partial charge in [-0.2, -0.15) is 0 Å². The van der Waals surface area contributed by atoms with Gasteiger partial charge in [-0.05, 0) is 43.0 Å². The van der Waals surface area contributed by atoms with E-state index in [9.17, 15) is 0 Å². The molecule has 0 aliphatic carbocycles. The summed E-state index contributed by atoms with van der Waals surface area (Å²) in [7, 11) is 1.66. The van der Waals surface area contributed by atoms with Crippen molar-refractivity contribution < 1.29 is 4.74 Å². The van der Waals surface area contributed by atoms with Crippen LogP contribution in [-0.4, -0.2) is 25.7 Å². The highest BCUT2D eigenvalue weighted by Crippen LogP contribution is 2.32. The van der Waals surface area contributed by atoms with E-state index in [0.29, 0.717) is 19.1 Å². The molecule has 1 unspecified atom stereocenters. The van der Waals surface area contributed by atoms with E-state index in [-0.39, 0.29) is 6.04 Å². The highest BCUT2D eigenvalue weighted by Gasteiger charge is 2.09. The van der Waals surface area contributed by atoms with Crippen LogP contribution in [0.25, 0.3) is 10.1 Å². The van der Waals surface area contributed by atoms with Crippen LogP contribution in [0.15, 0.2) is 23.2 Å². The number of methoxy groups -OCH3 is 1. The zero-order chi connectivity index (χ0) is 15.4. The maximum absolute atomic E-state index is 6.05. The predicted molar refractivity (Wildman–Crippen MR) is 91.4 cm³/mol. The average Bonchev–Trinajstić information content (AvgIpc) is 2.73. The number of halogens is 1. The molecule has 0 spiro atoms. The predicted octanol–water partition coefficient (Wildman–Crippen LogP) is 3.30. The van der Waals surface area contributed by atoms with Crippen LogP contribution in [-0.2, 0) is 11.3 Å². The number of aryl methyl sites for hydroxylation is 1. The number of guanidine groups is 1. The monoisotopic (exact) mass is 325 g/mol. The van der Waals surface area contributed by atoms with Crippen molar-refractivity contribution in [2.45, 2.75) is 26.4 Å². The molecule has 0 aliphatic heterocycles. The highest BCUT2D eigenvalue weighted by molar-refractivity contribution is 7.19. The van der Waals surface area contributed by atoms with Gasteiger partial charge in [0.25, 0.3) is 0 Å². The molecule has 1 aromatic heterocycles. The zero-order valence-electron chi connectivity index (χ0n) is 12.4. The van der Waals surface area contributed by atoms with Gasteiger partial charge in [-0.25, -0.2) is 4.99 Å². The second-order valence-corrected chi connectivity index (χ2v) is 6.57. The largest absolute Gasteiger partial charge is 0.383 e. The summed E-state index contributed by atoms with van der Waals surface area (Å²) in [5.41, 5.74) is 7.11. The van der Waals surface area contributed by atoms with Gasteiger partial charge < -0.3 is 15.8 Å². The molecule has 0 amide bonds. The van der Waals surface area contributed by atoms with Gasteiger partial charge in [0.15, 0.2) is 5.96 Å². The lowest BCUT2D eigenvalue weighted by molar-refractivity contribution is 0.179. The Hall–Kier alpha value is -1.30. The van der Waals surface area contributed by atoms with E-state index in [1.165, 1.54) is 20.5 Å². The number of ether oxygens (including phenoxy) is 1. The SMILES string of the molecule is COCC(C)NC(N)=NCc1sc2ccc(Cl)cc2c1C. The van der Waals surface area contributed by atoms with Gasteiger partial charge in [-0.15, -0.1) is 11.3 Å². The summed E-state index contributed by atoms with van der Waals surface area (Å²) in [6.07, 6.45) is 0. The molecular weight excluding hydrogens is 306 g/mol. The molecule has 1 heterocycles. The van der Waals surface area contributed by atoms with Gasteiger partial charge in [0, 0.05) is 27.8 Å². The number of nitrogens with two attached hydrogens (primary N) is 1. The smallest absolute Gasteiger partial charge is 0.189 e. The molecule has 0 aliphatic rings. The molecule has 0 radical (unpaired) electrons. The van der Waals surface area contributed by atoms with Gasteiger partial charge in [0.1, 0.15) is 0 Å². The normalized spacial score (nSPS) is 13.6. The van der Waals surface area contributed by atoms with Crippen LogP contribution in [0, 0.1) is 6.92 Å². The quantitative estimate of drug-likeness (QED) is 0.655. The second-order valence-electron chi connectivity index (χ2n) is 4.99. The summed E-state index contributed by atoms with van der Waals surface area (Å²) < 4.78 is 6.28. The second kappa shape index (κ2) is 7.11. The maximum atomic E-state index is 6.05.